The molecule has 2 aromatic heterocycles. The fraction of sp³-hybridized carbons (Fsp3) is 0.250. The molecule has 0 radical (unpaired) electrons. The number of carbonyl (C=O) groups is 1. The molecule has 1 aliphatic carbocycles. The number of alkyl halides is 3. The van der Waals surface area contributed by atoms with Gasteiger partial charge in [-0.15, -0.1) is 0 Å². The number of anilines is 1. The predicted octanol–water partition coefficient (Wildman–Crippen LogP) is 5.37. The standard InChI is InChI=1S/C28H24F3N3O2/c1-17-24(28(29,30)31)14-23(16-32-17)34-26(35)12-18-4-6-20(7-5-18)22-13-21-10-19(8-9-27(2,3)36)11-25(21)33-15-22/h4-7,10,13-16,36H,11-12H2,1-3H3,(H,34,35). The van der Waals surface area contributed by atoms with Crippen molar-refractivity contribution < 1.29 is 23.1 Å². The van der Waals surface area contributed by atoms with Crippen molar-refractivity contribution in [3.63, 3.8) is 0 Å². The van der Waals surface area contributed by atoms with Gasteiger partial charge in [0.2, 0.25) is 5.91 Å². The highest BCUT2D eigenvalue weighted by atomic mass is 19.4. The summed E-state index contributed by atoms with van der Waals surface area (Å²) in [6, 6.07) is 10.2. The summed E-state index contributed by atoms with van der Waals surface area (Å²) in [5.41, 5.74) is 3.24. The predicted molar refractivity (Wildman–Crippen MR) is 132 cm³/mol. The lowest BCUT2D eigenvalue weighted by Gasteiger charge is -2.12. The van der Waals surface area contributed by atoms with Crippen molar-refractivity contribution in [2.45, 2.75) is 45.4 Å². The summed E-state index contributed by atoms with van der Waals surface area (Å²) in [7, 11) is 0. The Morgan fingerprint density at radius 2 is 1.81 bits per heavy atom. The molecule has 0 saturated carbocycles. The fourth-order valence-corrected chi connectivity index (χ4v) is 3.77. The summed E-state index contributed by atoms with van der Waals surface area (Å²) in [6.45, 7) is 4.54. The number of aliphatic hydroxyl groups is 1. The molecule has 0 unspecified atom stereocenters. The van der Waals surface area contributed by atoms with E-state index in [-0.39, 0.29) is 17.8 Å². The molecule has 3 aromatic rings. The Labute approximate surface area is 207 Å². The van der Waals surface area contributed by atoms with E-state index in [2.05, 4.69) is 27.1 Å². The van der Waals surface area contributed by atoms with Crippen molar-refractivity contribution in [2.24, 2.45) is 0 Å². The summed E-state index contributed by atoms with van der Waals surface area (Å²) in [5, 5.41) is 12.3. The van der Waals surface area contributed by atoms with Crippen LogP contribution in [0.4, 0.5) is 18.9 Å². The maximum Gasteiger partial charge on any atom is 0.418 e. The highest BCUT2D eigenvalue weighted by Gasteiger charge is 2.33. The van der Waals surface area contributed by atoms with Gasteiger partial charge in [-0.05, 0) is 55.7 Å². The Kier molecular flexibility index (Phi) is 6.70. The summed E-state index contributed by atoms with van der Waals surface area (Å²) in [4.78, 5) is 20.7. The van der Waals surface area contributed by atoms with E-state index in [4.69, 9.17) is 0 Å². The molecule has 0 atom stereocenters. The van der Waals surface area contributed by atoms with Crippen LogP contribution in [0.5, 0.6) is 0 Å². The first-order valence-corrected chi connectivity index (χ1v) is 11.3. The molecule has 2 N–H and O–H groups in total. The third kappa shape index (κ3) is 6.18. The second-order valence-corrected chi connectivity index (χ2v) is 9.19. The quantitative estimate of drug-likeness (QED) is 0.482. The van der Waals surface area contributed by atoms with E-state index in [0.29, 0.717) is 12.0 Å². The van der Waals surface area contributed by atoms with Gasteiger partial charge in [-0.3, -0.25) is 14.8 Å². The van der Waals surface area contributed by atoms with Crippen LogP contribution in [0.15, 0.2) is 54.4 Å². The first-order valence-electron chi connectivity index (χ1n) is 11.3. The lowest BCUT2D eigenvalue weighted by molar-refractivity contribution is -0.138. The SMILES string of the molecule is Cc1ncc(NC(=O)Cc2ccc(-c3cnc4c(c3)C=C(C#CC(C)(C)O)C4)cc2)cc1C(F)(F)F. The Balaban J connectivity index is 1.43. The number of aryl methyl sites for hydroxylation is 1. The number of allylic oxidation sites excluding steroid dienone is 1. The second kappa shape index (κ2) is 9.59. The summed E-state index contributed by atoms with van der Waals surface area (Å²) in [6.07, 6.45) is 1.04. The van der Waals surface area contributed by atoms with Crippen molar-refractivity contribution in [3.8, 4) is 23.0 Å². The molecule has 1 amide bonds. The minimum Gasteiger partial charge on any atom is -0.378 e. The lowest BCUT2D eigenvalue weighted by atomic mass is 10.0. The monoisotopic (exact) mass is 491 g/mol. The van der Waals surface area contributed by atoms with E-state index in [0.717, 1.165) is 34.0 Å². The van der Waals surface area contributed by atoms with Gasteiger partial charge in [0, 0.05) is 29.4 Å². The van der Waals surface area contributed by atoms with Crippen LogP contribution in [0.2, 0.25) is 0 Å². The van der Waals surface area contributed by atoms with Crippen LogP contribution in [0.25, 0.3) is 17.2 Å². The molecule has 0 fully saturated rings. The van der Waals surface area contributed by atoms with E-state index in [1.165, 1.54) is 13.1 Å². The Morgan fingerprint density at radius 1 is 1.08 bits per heavy atom. The number of aromatic nitrogens is 2. The van der Waals surface area contributed by atoms with Crippen molar-refractivity contribution in [2.75, 3.05) is 5.32 Å². The summed E-state index contributed by atoms with van der Waals surface area (Å²) >= 11 is 0. The number of halogens is 3. The van der Waals surface area contributed by atoms with Gasteiger partial charge in [-0.1, -0.05) is 36.1 Å². The van der Waals surface area contributed by atoms with E-state index >= 15 is 0 Å². The van der Waals surface area contributed by atoms with Gasteiger partial charge in [-0.2, -0.15) is 13.2 Å². The van der Waals surface area contributed by atoms with E-state index in [1.54, 1.807) is 32.2 Å². The van der Waals surface area contributed by atoms with E-state index < -0.39 is 23.2 Å². The zero-order valence-corrected chi connectivity index (χ0v) is 20.0. The minimum atomic E-state index is -4.54. The number of hydrogen-bond acceptors (Lipinski definition) is 4. The van der Waals surface area contributed by atoms with Gasteiger partial charge in [0.25, 0.3) is 0 Å². The first kappa shape index (κ1) is 25.1. The number of carbonyl (C=O) groups excluding carboxylic acids is 1. The third-order valence-corrected chi connectivity index (χ3v) is 5.55. The number of pyridine rings is 2. The lowest BCUT2D eigenvalue weighted by Crippen LogP contribution is -2.16. The zero-order valence-electron chi connectivity index (χ0n) is 20.0. The highest BCUT2D eigenvalue weighted by Crippen LogP contribution is 2.32. The Hall–Kier alpha value is -3.96. The maximum atomic E-state index is 13.1. The smallest absolute Gasteiger partial charge is 0.378 e. The zero-order chi connectivity index (χ0) is 26.1. The van der Waals surface area contributed by atoms with Crippen LogP contribution in [0.1, 0.15) is 41.9 Å². The van der Waals surface area contributed by atoms with Crippen LogP contribution in [-0.4, -0.2) is 26.6 Å². The Morgan fingerprint density at radius 3 is 2.47 bits per heavy atom. The molecular weight excluding hydrogens is 467 g/mol. The maximum absolute atomic E-state index is 13.1. The van der Waals surface area contributed by atoms with Gasteiger partial charge in [-0.25, -0.2) is 0 Å². The van der Waals surface area contributed by atoms with E-state index in [9.17, 15) is 23.1 Å². The molecule has 4 rings (SSSR count). The van der Waals surface area contributed by atoms with Crippen LogP contribution < -0.4 is 5.32 Å². The van der Waals surface area contributed by atoms with Crippen molar-refractivity contribution in [1.82, 2.24) is 9.97 Å². The second-order valence-electron chi connectivity index (χ2n) is 9.19. The van der Waals surface area contributed by atoms with Crippen molar-refractivity contribution >= 4 is 17.7 Å². The average Bonchev–Trinajstić information content (AvgIpc) is 3.21. The van der Waals surface area contributed by atoms with Crippen molar-refractivity contribution in [1.29, 1.82) is 0 Å². The molecule has 2 heterocycles. The number of nitrogens with zero attached hydrogens (tertiary/aromatic N) is 2. The average molecular weight is 492 g/mol. The molecule has 5 nitrogen and oxygen atoms in total. The van der Waals surface area contributed by atoms with Crippen molar-refractivity contribution in [3.05, 3.63) is 82.4 Å². The van der Waals surface area contributed by atoms with Gasteiger partial charge in [0.05, 0.1) is 29.6 Å². The van der Waals surface area contributed by atoms with Gasteiger partial charge < -0.3 is 10.4 Å². The van der Waals surface area contributed by atoms with Crippen LogP contribution in [0.3, 0.4) is 0 Å². The van der Waals surface area contributed by atoms with Gasteiger partial charge in [0.15, 0.2) is 0 Å². The van der Waals surface area contributed by atoms with Gasteiger partial charge >= 0.3 is 6.18 Å². The molecule has 36 heavy (non-hydrogen) atoms. The number of rotatable bonds is 4. The number of nitrogens with one attached hydrogen (secondary N) is 1. The van der Waals surface area contributed by atoms with Gasteiger partial charge in [0.1, 0.15) is 5.60 Å². The molecular formula is C28H24F3N3O2. The summed E-state index contributed by atoms with van der Waals surface area (Å²) < 4.78 is 39.3. The van der Waals surface area contributed by atoms with Crippen LogP contribution in [-0.2, 0) is 23.8 Å². The molecule has 0 aliphatic heterocycles. The fourth-order valence-electron chi connectivity index (χ4n) is 3.77. The molecule has 8 heteroatoms. The van der Waals surface area contributed by atoms with Crippen LogP contribution >= 0.6 is 0 Å². The number of benzene rings is 1. The summed E-state index contributed by atoms with van der Waals surface area (Å²) in [5.74, 6) is 5.39. The molecule has 0 saturated heterocycles. The number of fused-ring (bicyclic) bond motifs is 1. The third-order valence-electron chi connectivity index (χ3n) is 5.55. The normalized spacial score (nSPS) is 12.9. The number of hydrogen-bond donors (Lipinski definition) is 2. The largest absolute Gasteiger partial charge is 0.418 e. The topological polar surface area (TPSA) is 75.1 Å². The first-order chi connectivity index (χ1) is 16.9. The molecule has 1 aliphatic rings. The van der Waals surface area contributed by atoms with E-state index in [1.807, 2.05) is 24.3 Å². The molecule has 1 aromatic carbocycles. The molecule has 0 spiro atoms. The number of amides is 1. The van der Waals surface area contributed by atoms with Crippen LogP contribution in [0, 0.1) is 18.8 Å². The molecule has 0 bridgehead atoms. The highest BCUT2D eigenvalue weighted by molar-refractivity contribution is 5.92. The Bertz CT molecular complexity index is 1410. The minimum absolute atomic E-state index is 0.00146. The molecule has 184 valence electrons.